The molecule has 432 valence electrons. The molecule has 11 unspecified atom stereocenters. The lowest BCUT2D eigenvalue weighted by molar-refractivity contribution is -0.332. The van der Waals surface area contributed by atoms with Crippen molar-refractivity contribution in [3.63, 3.8) is 0 Å². The summed E-state index contributed by atoms with van der Waals surface area (Å²) in [5.41, 5.74) is 0. The Hall–Kier alpha value is -2.83. The molecule has 0 aromatic heterocycles. The van der Waals surface area contributed by atoms with Gasteiger partial charge in [-0.15, -0.1) is 0 Å². The smallest absolute Gasteiger partial charge is 0.310 e. The third-order valence-electron chi connectivity index (χ3n) is 13.4. The van der Waals surface area contributed by atoms with Crippen LogP contribution in [-0.4, -0.2) is 142 Å². The molecule has 0 amide bonds. The van der Waals surface area contributed by atoms with E-state index >= 15 is 0 Å². The zero-order valence-corrected chi connectivity index (χ0v) is 46.3. The molecule has 2 aliphatic heterocycles. The molecule has 14 nitrogen and oxygen atoms in total. The lowest BCUT2D eigenvalue weighted by Gasteiger charge is -2.42. The minimum Gasteiger partial charge on any atom is -0.457 e. The third-order valence-corrected chi connectivity index (χ3v) is 13.4. The van der Waals surface area contributed by atoms with Crippen LogP contribution >= 0.6 is 0 Å². The number of carbonyl (C=O) groups is 1. The Morgan fingerprint density at radius 1 is 0.453 bits per heavy atom. The fraction of sp³-hybridized carbons (Fsp3) is 0.754. The van der Waals surface area contributed by atoms with Gasteiger partial charge in [0, 0.05) is 6.61 Å². The summed E-state index contributed by atoms with van der Waals surface area (Å²) in [6, 6.07) is 0. The molecule has 0 aliphatic carbocycles. The highest BCUT2D eigenvalue weighted by Gasteiger charge is 2.47. The van der Waals surface area contributed by atoms with E-state index < -0.39 is 86.7 Å². The van der Waals surface area contributed by atoms with Crippen molar-refractivity contribution in [1.82, 2.24) is 0 Å². The molecule has 0 spiro atoms. The van der Waals surface area contributed by atoms with Gasteiger partial charge in [-0.3, -0.25) is 4.79 Å². The van der Waals surface area contributed by atoms with Gasteiger partial charge in [-0.1, -0.05) is 202 Å². The van der Waals surface area contributed by atoms with Crippen LogP contribution in [0.3, 0.4) is 0 Å². The van der Waals surface area contributed by atoms with Crippen molar-refractivity contribution in [2.45, 2.75) is 261 Å². The van der Waals surface area contributed by atoms with Crippen LogP contribution in [0.25, 0.3) is 0 Å². The molecule has 2 fully saturated rings. The van der Waals surface area contributed by atoms with Crippen LogP contribution in [0.4, 0.5) is 0 Å². The Morgan fingerprint density at radius 3 is 1.36 bits per heavy atom. The second kappa shape index (κ2) is 47.2. The van der Waals surface area contributed by atoms with Gasteiger partial charge in [-0.05, 0) is 70.6 Å². The quantitative estimate of drug-likeness (QED) is 0.0172. The van der Waals surface area contributed by atoms with Gasteiger partial charge < -0.3 is 64.2 Å². The van der Waals surface area contributed by atoms with Gasteiger partial charge in [0.05, 0.1) is 32.8 Å². The molecule has 2 aliphatic rings. The van der Waals surface area contributed by atoms with E-state index in [1.54, 1.807) is 6.08 Å². The van der Waals surface area contributed by atoms with Crippen molar-refractivity contribution in [3.05, 3.63) is 85.1 Å². The maximum atomic E-state index is 13.0. The first-order valence-corrected chi connectivity index (χ1v) is 29.2. The number of unbranched alkanes of at least 4 members (excludes halogenated alkanes) is 19. The number of hydrogen-bond donors (Lipinski definition) is 7. The SMILES string of the molecule is CC/C=C\C/C=C\C/C=C\C/C=C\C/C=C\CC(=O)OC(COCCCCCCCCCCCCCCCC/C=C\C/C=C\CCCCCCC)COC1OC(COC2OC(CO)C(O)C(O)C2O)C(O)C(O)C1O. The van der Waals surface area contributed by atoms with E-state index in [0.717, 1.165) is 51.4 Å². The monoisotopic (exact) mass is 1060 g/mol. The third kappa shape index (κ3) is 33.9. The van der Waals surface area contributed by atoms with Gasteiger partial charge in [-0.25, -0.2) is 0 Å². The number of allylic oxidation sites excluding steroid dienone is 13. The van der Waals surface area contributed by atoms with Crippen LogP contribution < -0.4 is 0 Å². The van der Waals surface area contributed by atoms with Gasteiger partial charge in [0.25, 0.3) is 0 Å². The largest absolute Gasteiger partial charge is 0.457 e. The molecule has 11 atom stereocenters. The highest BCUT2D eigenvalue weighted by molar-refractivity contribution is 5.71. The van der Waals surface area contributed by atoms with E-state index in [2.05, 4.69) is 80.7 Å². The molecule has 75 heavy (non-hydrogen) atoms. The standard InChI is InChI=1S/C61H104O14/c1-3-5-7-9-11-13-15-17-19-20-21-22-23-24-25-26-27-28-29-31-33-35-37-39-41-43-45-70-47-50(73-53(63)44-42-40-38-36-34-32-30-18-16-14-12-10-8-6-4-2)48-71-60-59(69)57(67)55(65)52(75-60)49-72-61-58(68)56(66)54(64)51(46-62)74-61/h6,8,12,14-15,17-18,20-21,30,34,36,40,42,50-52,54-62,64-69H,3-5,7,9-11,13,16,19,22-29,31-33,35,37-39,41,43-49H2,1-2H3/b8-6-,14-12-,17-15-,21-20-,30-18-,36-34-,42-40-. The zero-order chi connectivity index (χ0) is 54.4. The molecule has 0 radical (unpaired) electrons. The molecule has 2 heterocycles. The Labute approximate surface area is 452 Å². The number of ether oxygens (including phenoxy) is 6. The van der Waals surface area contributed by atoms with Gasteiger partial charge in [0.1, 0.15) is 54.9 Å². The maximum absolute atomic E-state index is 13.0. The number of rotatable bonds is 46. The molecule has 0 aromatic rings. The second-order valence-corrected chi connectivity index (χ2v) is 20.1. The summed E-state index contributed by atoms with van der Waals surface area (Å²) in [6.45, 7) is 3.43. The predicted molar refractivity (Wildman–Crippen MR) is 298 cm³/mol. The average molecular weight is 1060 g/mol. The fourth-order valence-electron chi connectivity index (χ4n) is 8.74. The van der Waals surface area contributed by atoms with Crippen LogP contribution in [-0.2, 0) is 33.2 Å². The molecule has 14 heteroatoms. The van der Waals surface area contributed by atoms with Crippen LogP contribution in [0, 0.1) is 0 Å². The Morgan fingerprint density at radius 2 is 0.867 bits per heavy atom. The summed E-state index contributed by atoms with van der Waals surface area (Å²) < 4.78 is 34.2. The number of esters is 1. The van der Waals surface area contributed by atoms with E-state index in [4.69, 9.17) is 28.4 Å². The first kappa shape index (κ1) is 68.3. The first-order valence-electron chi connectivity index (χ1n) is 29.2. The van der Waals surface area contributed by atoms with E-state index in [-0.39, 0.29) is 19.6 Å². The zero-order valence-electron chi connectivity index (χ0n) is 46.3. The topological polar surface area (TPSA) is 214 Å². The van der Waals surface area contributed by atoms with Crippen molar-refractivity contribution in [1.29, 1.82) is 0 Å². The van der Waals surface area contributed by atoms with Crippen LogP contribution in [0.1, 0.15) is 194 Å². The van der Waals surface area contributed by atoms with Gasteiger partial charge >= 0.3 is 5.97 Å². The number of aliphatic hydroxyl groups is 7. The lowest BCUT2D eigenvalue weighted by Crippen LogP contribution is -2.61. The summed E-state index contributed by atoms with van der Waals surface area (Å²) in [6.07, 6.45) is 45.4. The van der Waals surface area contributed by atoms with Gasteiger partial charge in [0.15, 0.2) is 12.6 Å². The van der Waals surface area contributed by atoms with Crippen molar-refractivity contribution in [2.75, 3.05) is 33.0 Å². The molecule has 2 saturated heterocycles. The minimum absolute atomic E-state index is 0.0177. The molecular formula is C61H104O14. The van der Waals surface area contributed by atoms with E-state index in [1.165, 1.54) is 116 Å². The summed E-state index contributed by atoms with van der Waals surface area (Å²) in [7, 11) is 0. The summed E-state index contributed by atoms with van der Waals surface area (Å²) in [5, 5.41) is 72.3. The predicted octanol–water partition coefficient (Wildman–Crippen LogP) is 10.4. The summed E-state index contributed by atoms with van der Waals surface area (Å²) in [4.78, 5) is 13.0. The van der Waals surface area contributed by atoms with Crippen molar-refractivity contribution < 1.29 is 69.0 Å². The normalized spacial score (nSPS) is 25.2. The highest BCUT2D eigenvalue weighted by atomic mass is 16.7. The average Bonchev–Trinajstić information content (AvgIpc) is 3.41. The van der Waals surface area contributed by atoms with E-state index in [1.807, 2.05) is 12.2 Å². The number of carbonyl (C=O) groups excluding carboxylic acids is 1. The number of hydrogen-bond acceptors (Lipinski definition) is 14. The van der Waals surface area contributed by atoms with Gasteiger partial charge in [-0.2, -0.15) is 0 Å². The van der Waals surface area contributed by atoms with Gasteiger partial charge in [0.2, 0.25) is 0 Å². The summed E-state index contributed by atoms with van der Waals surface area (Å²) >= 11 is 0. The van der Waals surface area contributed by atoms with E-state index in [9.17, 15) is 40.5 Å². The molecule has 0 bridgehead atoms. The Balaban J connectivity index is 1.70. The second-order valence-electron chi connectivity index (χ2n) is 20.1. The maximum Gasteiger partial charge on any atom is 0.310 e. The van der Waals surface area contributed by atoms with Crippen molar-refractivity contribution >= 4 is 5.97 Å². The molecular weight excluding hydrogens is 957 g/mol. The Bertz CT molecular complexity index is 1560. The fourth-order valence-corrected chi connectivity index (χ4v) is 8.74. The van der Waals surface area contributed by atoms with E-state index in [0.29, 0.717) is 13.0 Å². The Kier molecular flexibility index (Phi) is 43.0. The molecule has 2 rings (SSSR count). The molecule has 0 aromatic carbocycles. The van der Waals surface area contributed by atoms with Crippen molar-refractivity contribution in [3.8, 4) is 0 Å². The lowest BCUT2D eigenvalue weighted by atomic mass is 9.98. The summed E-state index contributed by atoms with van der Waals surface area (Å²) in [5.74, 6) is -0.503. The molecule has 7 N–H and O–H groups in total. The van der Waals surface area contributed by atoms with Crippen LogP contribution in [0.2, 0.25) is 0 Å². The van der Waals surface area contributed by atoms with Crippen LogP contribution in [0.5, 0.6) is 0 Å². The van der Waals surface area contributed by atoms with Crippen LogP contribution in [0.15, 0.2) is 85.1 Å². The highest BCUT2D eigenvalue weighted by Crippen LogP contribution is 2.26. The molecule has 0 saturated carbocycles. The number of aliphatic hydroxyl groups excluding tert-OH is 7. The first-order chi connectivity index (χ1) is 36.6. The minimum atomic E-state index is -1.73. The van der Waals surface area contributed by atoms with Crippen molar-refractivity contribution in [2.24, 2.45) is 0 Å².